The van der Waals surface area contributed by atoms with Crippen molar-refractivity contribution in [3.63, 3.8) is 0 Å². The molecule has 3 N–H and O–H groups in total. The van der Waals surface area contributed by atoms with Gasteiger partial charge in [0.2, 0.25) is 5.91 Å². The summed E-state index contributed by atoms with van der Waals surface area (Å²) in [6.45, 7) is 4.75. The maximum atomic E-state index is 11.9. The Morgan fingerprint density at radius 2 is 2.00 bits per heavy atom. The van der Waals surface area contributed by atoms with Crippen LogP contribution in [0.1, 0.15) is 31.7 Å². The van der Waals surface area contributed by atoms with Gasteiger partial charge >= 0.3 is 0 Å². The highest BCUT2D eigenvalue weighted by atomic mass is 127. The highest BCUT2D eigenvalue weighted by Gasteiger charge is 2.29. The Labute approximate surface area is 167 Å². The van der Waals surface area contributed by atoms with Crippen molar-refractivity contribution in [3.05, 3.63) is 35.9 Å². The molecule has 1 saturated heterocycles. The van der Waals surface area contributed by atoms with E-state index in [1.807, 2.05) is 30.3 Å². The monoisotopic (exact) mass is 460 g/mol. The van der Waals surface area contributed by atoms with E-state index in [1.54, 1.807) is 7.05 Å². The van der Waals surface area contributed by atoms with Crippen molar-refractivity contribution >= 4 is 35.8 Å². The molecule has 1 fully saturated rings. The van der Waals surface area contributed by atoms with Crippen LogP contribution in [0.4, 0.5) is 0 Å². The van der Waals surface area contributed by atoms with Gasteiger partial charge in [0.25, 0.3) is 0 Å². The Bertz CT molecular complexity index is 545. The van der Waals surface area contributed by atoms with Gasteiger partial charge in [0.15, 0.2) is 5.96 Å². The summed E-state index contributed by atoms with van der Waals surface area (Å²) in [5, 5.41) is 9.34. The Morgan fingerprint density at radius 3 is 2.64 bits per heavy atom. The number of nitrogens with zero attached hydrogens (tertiary/aromatic N) is 1. The third-order valence-electron chi connectivity index (χ3n) is 4.13. The lowest BCUT2D eigenvalue weighted by atomic mass is 10.0. The second-order valence-electron chi connectivity index (χ2n) is 6.27. The van der Waals surface area contributed by atoms with Crippen molar-refractivity contribution < 1.29 is 9.53 Å². The van der Waals surface area contributed by atoms with Crippen LogP contribution >= 0.6 is 24.0 Å². The number of carbonyl (C=O) groups is 1. The van der Waals surface area contributed by atoms with Gasteiger partial charge in [-0.2, -0.15) is 0 Å². The third-order valence-corrected chi connectivity index (χ3v) is 4.13. The molecule has 1 aliphatic heterocycles. The molecule has 0 aromatic heterocycles. The second kappa shape index (κ2) is 11.3. The van der Waals surface area contributed by atoms with Crippen LogP contribution in [0, 0.1) is 0 Å². The third kappa shape index (κ3) is 8.04. The number of benzene rings is 1. The Kier molecular flexibility index (Phi) is 9.81. The van der Waals surface area contributed by atoms with Crippen molar-refractivity contribution in [1.82, 2.24) is 16.0 Å². The minimum absolute atomic E-state index is 0. The van der Waals surface area contributed by atoms with Gasteiger partial charge in [-0.05, 0) is 25.3 Å². The molecule has 140 valence electrons. The number of halogens is 1. The van der Waals surface area contributed by atoms with Gasteiger partial charge in [-0.25, -0.2) is 0 Å². The molecule has 7 heteroatoms. The van der Waals surface area contributed by atoms with E-state index in [9.17, 15) is 4.79 Å². The molecule has 1 aromatic carbocycles. The molecule has 2 rings (SSSR count). The standard InChI is InChI=1S/C18H28N4O2.HI/c1-18(10-6-12-24-18)14-22-17(19-2)20-11-9-16(23)21-13-15-7-4-3-5-8-15;/h3-5,7-8H,6,9-14H2,1-2H3,(H,21,23)(H2,19,20,22);1H. The minimum atomic E-state index is -0.120. The Hall–Kier alpha value is -1.35. The molecule has 0 saturated carbocycles. The Balaban J connectivity index is 0.00000312. The largest absolute Gasteiger partial charge is 0.373 e. The first-order chi connectivity index (χ1) is 11.6. The predicted molar refractivity (Wildman–Crippen MR) is 111 cm³/mol. The first-order valence-corrected chi connectivity index (χ1v) is 8.50. The lowest BCUT2D eigenvalue weighted by Gasteiger charge is -2.24. The molecule has 0 radical (unpaired) electrons. The summed E-state index contributed by atoms with van der Waals surface area (Å²) in [7, 11) is 1.72. The molecule has 0 bridgehead atoms. The van der Waals surface area contributed by atoms with Crippen molar-refractivity contribution in [2.75, 3.05) is 26.7 Å². The topological polar surface area (TPSA) is 74.8 Å². The van der Waals surface area contributed by atoms with E-state index in [-0.39, 0.29) is 35.5 Å². The normalized spacial score (nSPS) is 19.8. The molecule has 25 heavy (non-hydrogen) atoms. The van der Waals surface area contributed by atoms with Crippen molar-refractivity contribution in [1.29, 1.82) is 0 Å². The first-order valence-electron chi connectivity index (χ1n) is 8.50. The van der Waals surface area contributed by atoms with Crippen LogP contribution in [0.2, 0.25) is 0 Å². The molecule has 0 aliphatic carbocycles. The number of aliphatic imine (C=N–C) groups is 1. The first kappa shape index (κ1) is 21.7. The fourth-order valence-corrected chi connectivity index (χ4v) is 2.65. The number of carbonyl (C=O) groups excluding carboxylic acids is 1. The van der Waals surface area contributed by atoms with Gasteiger partial charge < -0.3 is 20.7 Å². The lowest BCUT2D eigenvalue weighted by Crippen LogP contribution is -2.46. The van der Waals surface area contributed by atoms with Crippen LogP contribution in [0.25, 0.3) is 0 Å². The maximum absolute atomic E-state index is 11.9. The van der Waals surface area contributed by atoms with E-state index in [4.69, 9.17) is 4.74 Å². The van der Waals surface area contributed by atoms with E-state index in [0.29, 0.717) is 32.0 Å². The van der Waals surface area contributed by atoms with Crippen molar-refractivity contribution in [2.45, 2.75) is 38.3 Å². The van der Waals surface area contributed by atoms with E-state index >= 15 is 0 Å². The SMILES string of the molecule is CN=C(NCCC(=O)NCc1ccccc1)NCC1(C)CCCO1.I. The minimum Gasteiger partial charge on any atom is -0.373 e. The summed E-state index contributed by atoms with van der Waals surface area (Å²) in [6, 6.07) is 9.89. The predicted octanol–water partition coefficient (Wildman–Crippen LogP) is 2.04. The summed E-state index contributed by atoms with van der Waals surface area (Å²) in [6.07, 6.45) is 2.56. The van der Waals surface area contributed by atoms with Crippen molar-refractivity contribution in [2.24, 2.45) is 4.99 Å². The fourth-order valence-electron chi connectivity index (χ4n) is 2.65. The average Bonchev–Trinajstić information content (AvgIpc) is 3.04. The number of ether oxygens (including phenoxy) is 1. The number of amides is 1. The van der Waals surface area contributed by atoms with Crippen molar-refractivity contribution in [3.8, 4) is 0 Å². The summed E-state index contributed by atoms with van der Waals surface area (Å²) < 4.78 is 5.74. The van der Waals surface area contributed by atoms with Gasteiger partial charge in [-0.1, -0.05) is 30.3 Å². The smallest absolute Gasteiger partial charge is 0.222 e. The molecule has 1 aliphatic rings. The Morgan fingerprint density at radius 1 is 1.24 bits per heavy atom. The molecule has 6 nitrogen and oxygen atoms in total. The quantitative estimate of drug-likeness (QED) is 0.331. The number of hydrogen-bond acceptors (Lipinski definition) is 3. The number of guanidine groups is 1. The molecule has 1 aromatic rings. The number of nitrogens with one attached hydrogen (secondary N) is 3. The zero-order valence-electron chi connectivity index (χ0n) is 15.0. The molecule has 1 unspecified atom stereocenters. The number of rotatable bonds is 7. The zero-order chi connectivity index (χ0) is 17.3. The van der Waals surface area contributed by atoms with Gasteiger partial charge in [0.1, 0.15) is 0 Å². The van der Waals surface area contributed by atoms with Gasteiger partial charge in [0.05, 0.1) is 5.60 Å². The van der Waals surface area contributed by atoms with Crippen LogP contribution < -0.4 is 16.0 Å². The lowest BCUT2D eigenvalue weighted by molar-refractivity contribution is -0.121. The molecule has 1 heterocycles. The number of hydrogen-bond donors (Lipinski definition) is 3. The van der Waals surface area contributed by atoms with Gasteiger partial charge in [-0.15, -0.1) is 24.0 Å². The molecular formula is C18H29IN4O2. The van der Waals surface area contributed by atoms with E-state index < -0.39 is 0 Å². The highest BCUT2D eigenvalue weighted by Crippen LogP contribution is 2.23. The maximum Gasteiger partial charge on any atom is 0.222 e. The van der Waals surface area contributed by atoms with E-state index in [1.165, 1.54) is 0 Å². The van der Waals surface area contributed by atoms with Crippen LogP contribution in [-0.2, 0) is 16.1 Å². The van der Waals surface area contributed by atoms with Crippen LogP contribution in [0.15, 0.2) is 35.3 Å². The second-order valence-corrected chi connectivity index (χ2v) is 6.27. The highest BCUT2D eigenvalue weighted by molar-refractivity contribution is 14.0. The molecule has 0 spiro atoms. The summed E-state index contributed by atoms with van der Waals surface area (Å²) in [5.41, 5.74) is 0.978. The van der Waals surface area contributed by atoms with Crippen LogP contribution in [-0.4, -0.2) is 44.2 Å². The molecular weight excluding hydrogens is 431 g/mol. The summed E-state index contributed by atoms with van der Waals surface area (Å²) in [5.74, 6) is 0.718. The van der Waals surface area contributed by atoms with E-state index in [0.717, 1.165) is 25.0 Å². The fraction of sp³-hybridized carbons (Fsp3) is 0.556. The molecule has 1 amide bonds. The average molecular weight is 460 g/mol. The zero-order valence-corrected chi connectivity index (χ0v) is 17.3. The van der Waals surface area contributed by atoms with Crippen LogP contribution in [0.5, 0.6) is 0 Å². The van der Waals surface area contributed by atoms with E-state index in [2.05, 4.69) is 27.9 Å². The summed E-state index contributed by atoms with van der Waals surface area (Å²) >= 11 is 0. The van der Waals surface area contributed by atoms with Crippen LogP contribution in [0.3, 0.4) is 0 Å². The van der Waals surface area contributed by atoms with Gasteiger partial charge in [-0.3, -0.25) is 9.79 Å². The molecule has 1 atom stereocenters. The van der Waals surface area contributed by atoms with Gasteiger partial charge in [0, 0.05) is 39.7 Å². The summed E-state index contributed by atoms with van der Waals surface area (Å²) in [4.78, 5) is 16.1.